The number of nitrogens with one attached hydrogen (secondary N) is 2. The standard InChI is InChI=1S/C24H24N4O2/c29-23-22-13-19(26-14-17-8-9-20-18(11-17)7-4-10-25-20)15-28(22)24(30)21(27-23)12-16-5-2-1-3-6-16/h1-11,19,21-22,26H,12-15H2,(H,27,29)/t19-,21-,22-/m0/s1. The predicted octanol–water partition coefficient (Wildman–Crippen LogP) is 2.03. The monoisotopic (exact) mass is 400 g/mol. The average Bonchev–Trinajstić information content (AvgIpc) is 3.22. The molecule has 3 aromatic rings. The first-order valence-electron chi connectivity index (χ1n) is 10.4. The van der Waals surface area contributed by atoms with E-state index in [4.69, 9.17) is 0 Å². The number of fused-ring (bicyclic) bond motifs is 2. The molecular weight excluding hydrogens is 376 g/mol. The van der Waals surface area contributed by atoms with Crippen molar-refractivity contribution in [2.75, 3.05) is 6.54 Å². The molecule has 30 heavy (non-hydrogen) atoms. The predicted molar refractivity (Wildman–Crippen MR) is 115 cm³/mol. The maximum atomic E-state index is 13.0. The Hall–Kier alpha value is -3.25. The number of piperazine rings is 1. The summed E-state index contributed by atoms with van der Waals surface area (Å²) in [6.07, 6.45) is 2.96. The zero-order chi connectivity index (χ0) is 20.5. The Balaban J connectivity index is 1.23. The molecule has 2 fully saturated rings. The van der Waals surface area contributed by atoms with Gasteiger partial charge < -0.3 is 15.5 Å². The highest BCUT2D eigenvalue weighted by Gasteiger charge is 2.46. The van der Waals surface area contributed by atoms with E-state index < -0.39 is 6.04 Å². The molecule has 0 radical (unpaired) electrons. The van der Waals surface area contributed by atoms with Gasteiger partial charge in [0.2, 0.25) is 11.8 Å². The van der Waals surface area contributed by atoms with Gasteiger partial charge in [0.15, 0.2) is 0 Å². The number of carbonyl (C=O) groups is 2. The number of carbonyl (C=O) groups excluding carboxylic acids is 2. The Bertz CT molecular complexity index is 1080. The molecule has 0 spiro atoms. The molecule has 2 aromatic carbocycles. The maximum absolute atomic E-state index is 13.0. The van der Waals surface area contributed by atoms with E-state index in [1.807, 2.05) is 42.5 Å². The molecule has 6 heteroatoms. The van der Waals surface area contributed by atoms with Gasteiger partial charge in [-0.25, -0.2) is 0 Å². The zero-order valence-electron chi connectivity index (χ0n) is 16.6. The average molecular weight is 400 g/mol. The molecule has 1 aromatic heterocycles. The molecule has 3 atom stereocenters. The lowest BCUT2D eigenvalue weighted by molar-refractivity contribution is -0.147. The van der Waals surface area contributed by atoms with Crippen LogP contribution in [0.1, 0.15) is 17.5 Å². The summed E-state index contributed by atoms with van der Waals surface area (Å²) in [5.74, 6) is -0.0267. The van der Waals surface area contributed by atoms with Crippen molar-refractivity contribution in [1.82, 2.24) is 20.5 Å². The zero-order valence-corrected chi connectivity index (χ0v) is 16.6. The molecule has 2 aliphatic heterocycles. The number of hydrogen-bond acceptors (Lipinski definition) is 4. The third kappa shape index (κ3) is 3.66. The quantitative estimate of drug-likeness (QED) is 0.687. The second kappa shape index (κ2) is 7.88. The van der Waals surface area contributed by atoms with Crippen LogP contribution in [0.2, 0.25) is 0 Å². The Kier molecular flexibility index (Phi) is 4.93. The molecule has 0 bridgehead atoms. The van der Waals surface area contributed by atoms with Crippen molar-refractivity contribution in [2.24, 2.45) is 0 Å². The van der Waals surface area contributed by atoms with Gasteiger partial charge in [0, 0.05) is 37.1 Å². The van der Waals surface area contributed by atoms with Crippen LogP contribution >= 0.6 is 0 Å². The van der Waals surface area contributed by atoms with Crippen LogP contribution in [-0.4, -0.2) is 46.4 Å². The highest BCUT2D eigenvalue weighted by atomic mass is 16.2. The second-order valence-corrected chi connectivity index (χ2v) is 8.10. The highest BCUT2D eigenvalue weighted by Crippen LogP contribution is 2.24. The van der Waals surface area contributed by atoms with Crippen molar-refractivity contribution in [2.45, 2.75) is 37.5 Å². The van der Waals surface area contributed by atoms with Gasteiger partial charge in [-0.3, -0.25) is 14.6 Å². The number of rotatable bonds is 5. The third-order valence-corrected chi connectivity index (χ3v) is 6.05. The van der Waals surface area contributed by atoms with Crippen LogP contribution in [0.4, 0.5) is 0 Å². The first kappa shape index (κ1) is 18.8. The van der Waals surface area contributed by atoms with E-state index in [1.165, 1.54) is 0 Å². The van der Waals surface area contributed by atoms with Gasteiger partial charge in [-0.15, -0.1) is 0 Å². The number of benzene rings is 2. The van der Waals surface area contributed by atoms with Gasteiger partial charge in [0.25, 0.3) is 0 Å². The summed E-state index contributed by atoms with van der Waals surface area (Å²) in [6.45, 7) is 1.26. The SMILES string of the molecule is O=C1N[C@@H](Cc2ccccc2)C(=O)N2C[C@@H](NCc3ccc4ncccc4c3)C[C@@H]12. The van der Waals surface area contributed by atoms with E-state index in [1.54, 1.807) is 11.1 Å². The van der Waals surface area contributed by atoms with Crippen molar-refractivity contribution in [3.8, 4) is 0 Å². The molecule has 2 amide bonds. The number of amides is 2. The summed E-state index contributed by atoms with van der Waals surface area (Å²) in [5, 5.41) is 7.58. The molecule has 0 saturated carbocycles. The topological polar surface area (TPSA) is 74.3 Å². The lowest BCUT2D eigenvalue weighted by Gasteiger charge is -2.34. The summed E-state index contributed by atoms with van der Waals surface area (Å²) in [4.78, 5) is 31.8. The van der Waals surface area contributed by atoms with Crippen molar-refractivity contribution < 1.29 is 9.59 Å². The molecule has 0 unspecified atom stereocenters. The second-order valence-electron chi connectivity index (χ2n) is 8.10. The Morgan fingerprint density at radius 2 is 1.90 bits per heavy atom. The number of aromatic nitrogens is 1. The minimum Gasteiger partial charge on any atom is -0.342 e. The van der Waals surface area contributed by atoms with Crippen molar-refractivity contribution in [3.63, 3.8) is 0 Å². The van der Waals surface area contributed by atoms with Crippen LogP contribution in [-0.2, 0) is 22.6 Å². The van der Waals surface area contributed by atoms with E-state index in [2.05, 4.69) is 33.8 Å². The summed E-state index contributed by atoms with van der Waals surface area (Å²) >= 11 is 0. The molecule has 3 heterocycles. The van der Waals surface area contributed by atoms with E-state index in [0.29, 0.717) is 25.9 Å². The van der Waals surface area contributed by atoms with E-state index in [-0.39, 0.29) is 23.9 Å². The van der Waals surface area contributed by atoms with Gasteiger partial charge in [0.05, 0.1) is 5.52 Å². The van der Waals surface area contributed by atoms with Crippen LogP contribution in [0.25, 0.3) is 10.9 Å². The maximum Gasteiger partial charge on any atom is 0.246 e. The van der Waals surface area contributed by atoms with Gasteiger partial charge in [-0.1, -0.05) is 42.5 Å². The first-order valence-corrected chi connectivity index (χ1v) is 10.4. The van der Waals surface area contributed by atoms with Crippen LogP contribution in [0, 0.1) is 0 Å². The van der Waals surface area contributed by atoms with Crippen LogP contribution in [0.3, 0.4) is 0 Å². The number of pyridine rings is 1. The lowest BCUT2D eigenvalue weighted by Crippen LogP contribution is -2.61. The Morgan fingerprint density at radius 1 is 1.03 bits per heavy atom. The number of hydrogen-bond donors (Lipinski definition) is 2. The lowest BCUT2D eigenvalue weighted by atomic mass is 10.0. The summed E-state index contributed by atoms with van der Waals surface area (Å²) < 4.78 is 0. The van der Waals surface area contributed by atoms with Gasteiger partial charge in [-0.2, -0.15) is 0 Å². The van der Waals surface area contributed by atoms with Gasteiger partial charge >= 0.3 is 0 Å². The van der Waals surface area contributed by atoms with E-state index >= 15 is 0 Å². The summed E-state index contributed by atoms with van der Waals surface area (Å²) in [5.41, 5.74) is 3.19. The normalized spacial score (nSPS) is 23.5. The van der Waals surface area contributed by atoms with E-state index in [0.717, 1.165) is 22.0 Å². The van der Waals surface area contributed by atoms with Crippen LogP contribution in [0.5, 0.6) is 0 Å². The molecule has 6 nitrogen and oxygen atoms in total. The fourth-order valence-electron chi connectivity index (χ4n) is 4.49. The van der Waals surface area contributed by atoms with Crippen LogP contribution in [0.15, 0.2) is 66.9 Å². The summed E-state index contributed by atoms with van der Waals surface area (Å²) in [7, 11) is 0. The van der Waals surface area contributed by atoms with Crippen molar-refractivity contribution >= 4 is 22.7 Å². The van der Waals surface area contributed by atoms with E-state index in [9.17, 15) is 9.59 Å². The fraction of sp³-hybridized carbons (Fsp3) is 0.292. The van der Waals surface area contributed by atoms with Crippen LogP contribution < -0.4 is 10.6 Å². The highest BCUT2D eigenvalue weighted by molar-refractivity contribution is 5.97. The molecule has 2 N–H and O–H groups in total. The Morgan fingerprint density at radius 3 is 2.77 bits per heavy atom. The summed E-state index contributed by atoms with van der Waals surface area (Å²) in [6, 6.07) is 19.3. The molecule has 2 saturated heterocycles. The van der Waals surface area contributed by atoms with Crippen molar-refractivity contribution in [1.29, 1.82) is 0 Å². The minimum atomic E-state index is -0.483. The Labute approximate surface area is 175 Å². The molecule has 152 valence electrons. The van der Waals surface area contributed by atoms with Gasteiger partial charge in [0.1, 0.15) is 12.1 Å². The number of nitrogens with zero attached hydrogens (tertiary/aromatic N) is 2. The molecule has 5 rings (SSSR count). The molecular formula is C24H24N4O2. The molecule has 0 aliphatic carbocycles. The first-order chi connectivity index (χ1) is 14.7. The fourth-order valence-corrected chi connectivity index (χ4v) is 4.49. The smallest absolute Gasteiger partial charge is 0.246 e. The third-order valence-electron chi connectivity index (χ3n) is 6.05. The van der Waals surface area contributed by atoms with Gasteiger partial charge in [-0.05, 0) is 35.7 Å². The minimum absolute atomic E-state index is 0.0181. The van der Waals surface area contributed by atoms with Crippen molar-refractivity contribution in [3.05, 3.63) is 78.0 Å². The molecule has 2 aliphatic rings. The largest absolute Gasteiger partial charge is 0.342 e.